The number of hydrogen-bond acceptors (Lipinski definition) is 4. The number of carbonyl (C=O) groups is 1. The molecule has 158 valence electrons. The molecule has 1 heterocycles. The number of ether oxygens (including phenoxy) is 2. The molecule has 1 amide bonds. The summed E-state index contributed by atoms with van der Waals surface area (Å²) in [5.41, 5.74) is 0. The maximum Gasteiger partial charge on any atom is 0.243 e. The van der Waals surface area contributed by atoms with Gasteiger partial charge in [-0.25, -0.2) is 4.99 Å². The second-order valence-corrected chi connectivity index (χ2v) is 7.66. The van der Waals surface area contributed by atoms with Gasteiger partial charge < -0.3 is 25.0 Å². The first kappa shape index (κ1) is 24.4. The van der Waals surface area contributed by atoms with Crippen LogP contribution in [0.4, 0.5) is 0 Å². The van der Waals surface area contributed by atoms with Crippen molar-refractivity contribution in [3.8, 4) is 0 Å². The lowest BCUT2D eigenvalue weighted by atomic mass is 10.1. The molecule has 2 fully saturated rings. The van der Waals surface area contributed by atoms with Gasteiger partial charge in [-0.15, -0.1) is 24.0 Å². The van der Waals surface area contributed by atoms with Crippen LogP contribution >= 0.6 is 24.0 Å². The minimum Gasteiger partial charge on any atom is -0.354 e. The Labute approximate surface area is 181 Å². The normalized spacial score (nSPS) is 23.3. The summed E-state index contributed by atoms with van der Waals surface area (Å²) in [6.07, 6.45) is 7.87. The number of halogens is 1. The SMILES string of the molecule is CCC(C)NC(=NCC(=O)N(C)C)NCC1COC2(CCCCCC2)O1.I. The van der Waals surface area contributed by atoms with Crippen LogP contribution in [-0.2, 0) is 14.3 Å². The van der Waals surface area contributed by atoms with Gasteiger partial charge in [-0.05, 0) is 26.2 Å². The van der Waals surface area contributed by atoms with Crippen LogP contribution in [0, 0.1) is 0 Å². The molecule has 2 unspecified atom stereocenters. The fourth-order valence-electron chi connectivity index (χ4n) is 3.23. The van der Waals surface area contributed by atoms with Crippen molar-refractivity contribution in [1.82, 2.24) is 15.5 Å². The van der Waals surface area contributed by atoms with Crippen molar-refractivity contribution in [3.63, 3.8) is 0 Å². The van der Waals surface area contributed by atoms with Crippen LogP contribution in [0.25, 0.3) is 0 Å². The summed E-state index contributed by atoms with van der Waals surface area (Å²) in [4.78, 5) is 17.8. The Morgan fingerprint density at radius 3 is 2.52 bits per heavy atom. The van der Waals surface area contributed by atoms with Crippen LogP contribution in [0.3, 0.4) is 0 Å². The second kappa shape index (κ2) is 12.1. The first-order valence-corrected chi connectivity index (χ1v) is 10.0. The van der Waals surface area contributed by atoms with Crippen LogP contribution in [0.2, 0.25) is 0 Å². The van der Waals surface area contributed by atoms with E-state index in [1.165, 1.54) is 25.7 Å². The van der Waals surface area contributed by atoms with Gasteiger partial charge >= 0.3 is 0 Å². The van der Waals surface area contributed by atoms with Gasteiger partial charge in [0.05, 0.1) is 6.61 Å². The van der Waals surface area contributed by atoms with Crippen molar-refractivity contribution < 1.29 is 14.3 Å². The van der Waals surface area contributed by atoms with Gasteiger partial charge in [0.25, 0.3) is 0 Å². The Kier molecular flexibility index (Phi) is 10.9. The number of amides is 1. The lowest BCUT2D eigenvalue weighted by molar-refractivity contribution is -0.175. The molecule has 0 radical (unpaired) electrons. The molecular weight excluding hydrogens is 459 g/mol. The summed E-state index contributed by atoms with van der Waals surface area (Å²) in [6.45, 7) is 5.58. The predicted octanol–water partition coefficient (Wildman–Crippen LogP) is 2.49. The number of aliphatic imine (C=N–C) groups is 1. The van der Waals surface area contributed by atoms with Gasteiger partial charge in [0.2, 0.25) is 5.91 Å². The van der Waals surface area contributed by atoms with E-state index in [4.69, 9.17) is 9.47 Å². The average Bonchev–Trinajstić information content (AvgIpc) is 2.87. The highest BCUT2D eigenvalue weighted by Gasteiger charge is 2.41. The molecule has 1 spiro atoms. The Morgan fingerprint density at radius 1 is 1.26 bits per heavy atom. The highest BCUT2D eigenvalue weighted by molar-refractivity contribution is 14.0. The van der Waals surface area contributed by atoms with Crippen molar-refractivity contribution in [3.05, 3.63) is 0 Å². The first-order valence-electron chi connectivity index (χ1n) is 10.0. The number of rotatable bonds is 6. The van der Waals surface area contributed by atoms with E-state index in [9.17, 15) is 4.79 Å². The maximum atomic E-state index is 11.8. The van der Waals surface area contributed by atoms with E-state index in [1.54, 1.807) is 19.0 Å². The molecule has 2 atom stereocenters. The number of hydrogen-bond donors (Lipinski definition) is 2. The summed E-state index contributed by atoms with van der Waals surface area (Å²) < 4.78 is 12.3. The lowest BCUT2D eigenvalue weighted by Crippen LogP contribution is -2.46. The molecule has 1 saturated heterocycles. The van der Waals surface area contributed by atoms with Gasteiger partial charge in [-0.3, -0.25) is 4.79 Å². The topological polar surface area (TPSA) is 75.2 Å². The van der Waals surface area contributed by atoms with Crippen molar-refractivity contribution in [2.45, 2.75) is 76.7 Å². The minimum absolute atomic E-state index is 0. The highest BCUT2D eigenvalue weighted by atomic mass is 127. The Balaban J connectivity index is 0.00000364. The van der Waals surface area contributed by atoms with Gasteiger partial charge in [-0.2, -0.15) is 0 Å². The summed E-state index contributed by atoms with van der Waals surface area (Å²) in [7, 11) is 3.48. The zero-order chi connectivity index (χ0) is 19.0. The van der Waals surface area contributed by atoms with Gasteiger partial charge in [0, 0.05) is 39.5 Å². The Morgan fingerprint density at radius 2 is 1.93 bits per heavy atom. The van der Waals surface area contributed by atoms with E-state index >= 15 is 0 Å². The van der Waals surface area contributed by atoms with Crippen molar-refractivity contribution in [1.29, 1.82) is 0 Å². The Bertz CT molecular complexity index is 480. The largest absolute Gasteiger partial charge is 0.354 e. The predicted molar refractivity (Wildman–Crippen MR) is 119 cm³/mol. The number of nitrogens with one attached hydrogen (secondary N) is 2. The summed E-state index contributed by atoms with van der Waals surface area (Å²) >= 11 is 0. The van der Waals surface area contributed by atoms with Gasteiger partial charge in [0.1, 0.15) is 12.6 Å². The number of carbonyl (C=O) groups excluding carboxylic acids is 1. The van der Waals surface area contributed by atoms with E-state index in [2.05, 4.69) is 29.5 Å². The fourth-order valence-corrected chi connectivity index (χ4v) is 3.23. The third-order valence-corrected chi connectivity index (χ3v) is 5.14. The number of nitrogens with zero attached hydrogens (tertiary/aromatic N) is 2. The summed E-state index contributed by atoms with van der Waals surface area (Å²) in [6, 6.07) is 0.282. The molecule has 2 aliphatic rings. The quantitative estimate of drug-likeness (QED) is 0.336. The number of guanidine groups is 1. The molecule has 2 rings (SSSR count). The van der Waals surface area contributed by atoms with Crippen LogP contribution in [0.15, 0.2) is 4.99 Å². The van der Waals surface area contributed by atoms with Crippen LogP contribution in [-0.4, -0.2) is 68.5 Å². The smallest absolute Gasteiger partial charge is 0.243 e. The molecule has 0 aromatic heterocycles. The zero-order valence-corrected chi connectivity index (χ0v) is 19.6. The van der Waals surface area contributed by atoms with E-state index in [1.807, 2.05) is 0 Å². The molecule has 8 heteroatoms. The first-order chi connectivity index (χ1) is 12.4. The van der Waals surface area contributed by atoms with Crippen LogP contribution in [0.1, 0.15) is 58.8 Å². The zero-order valence-electron chi connectivity index (χ0n) is 17.3. The summed E-state index contributed by atoms with van der Waals surface area (Å²) in [5.74, 6) is 0.263. The molecule has 27 heavy (non-hydrogen) atoms. The van der Waals surface area contributed by atoms with E-state index < -0.39 is 0 Å². The summed E-state index contributed by atoms with van der Waals surface area (Å²) in [5, 5.41) is 6.66. The molecule has 1 aliphatic heterocycles. The molecular formula is C19H37IN4O3. The molecule has 0 aromatic carbocycles. The fraction of sp³-hybridized carbons (Fsp3) is 0.895. The van der Waals surface area contributed by atoms with Crippen molar-refractivity contribution in [2.75, 3.05) is 33.8 Å². The highest BCUT2D eigenvalue weighted by Crippen LogP contribution is 2.36. The molecule has 1 saturated carbocycles. The van der Waals surface area contributed by atoms with E-state index in [0.29, 0.717) is 19.1 Å². The van der Waals surface area contributed by atoms with Crippen LogP contribution in [0.5, 0.6) is 0 Å². The third-order valence-electron chi connectivity index (χ3n) is 5.14. The van der Waals surface area contributed by atoms with Crippen molar-refractivity contribution >= 4 is 35.8 Å². The average molecular weight is 496 g/mol. The van der Waals surface area contributed by atoms with Gasteiger partial charge in [0.15, 0.2) is 11.7 Å². The maximum absolute atomic E-state index is 11.8. The standard InChI is InChI=1S/C19H36N4O3.HI/c1-5-15(2)22-18(21-13-17(24)23(3)4)20-12-16-14-25-19(26-16)10-8-6-7-9-11-19;/h15-16H,5-14H2,1-4H3,(H2,20,21,22);1H. The second-order valence-electron chi connectivity index (χ2n) is 7.66. The molecule has 0 aromatic rings. The molecule has 7 nitrogen and oxygen atoms in total. The van der Waals surface area contributed by atoms with Gasteiger partial charge in [-0.1, -0.05) is 19.8 Å². The number of likely N-dealkylation sites (N-methyl/N-ethyl adjacent to an activating group) is 1. The molecule has 1 aliphatic carbocycles. The molecule has 0 bridgehead atoms. The minimum atomic E-state index is -0.370. The Hall–Kier alpha value is -0.610. The molecule has 2 N–H and O–H groups in total. The lowest BCUT2D eigenvalue weighted by Gasteiger charge is -2.26. The van der Waals surface area contributed by atoms with E-state index in [0.717, 1.165) is 19.3 Å². The van der Waals surface area contributed by atoms with Crippen LogP contribution < -0.4 is 10.6 Å². The third kappa shape index (κ3) is 8.11. The van der Waals surface area contributed by atoms with Crippen molar-refractivity contribution in [2.24, 2.45) is 4.99 Å². The van der Waals surface area contributed by atoms with E-state index in [-0.39, 0.29) is 54.4 Å². The monoisotopic (exact) mass is 496 g/mol.